The van der Waals surface area contributed by atoms with Gasteiger partial charge in [0.2, 0.25) is 0 Å². The van der Waals surface area contributed by atoms with Gasteiger partial charge in [0.25, 0.3) is 0 Å². The minimum atomic E-state index is 0.331. The molecule has 0 atom stereocenters. The van der Waals surface area contributed by atoms with E-state index in [-0.39, 0.29) is 0 Å². The second-order valence-electron chi connectivity index (χ2n) is 5.79. The van der Waals surface area contributed by atoms with Gasteiger partial charge in [-0.2, -0.15) is 5.10 Å². The van der Waals surface area contributed by atoms with Crippen molar-refractivity contribution < 1.29 is 0 Å². The van der Waals surface area contributed by atoms with E-state index >= 15 is 0 Å². The van der Waals surface area contributed by atoms with Crippen LogP contribution < -0.4 is 0 Å². The van der Waals surface area contributed by atoms with Gasteiger partial charge in [-0.25, -0.2) is 14.0 Å². The molecule has 0 spiro atoms. The quantitative estimate of drug-likeness (QED) is 0.810. The Bertz CT molecular complexity index is 687. The molecular weight excluding hydrogens is 280 g/mol. The van der Waals surface area contributed by atoms with Crippen LogP contribution in [-0.2, 0) is 0 Å². The lowest BCUT2D eigenvalue weighted by Crippen LogP contribution is -2.21. The highest BCUT2D eigenvalue weighted by Gasteiger charge is 2.16. The summed E-state index contributed by atoms with van der Waals surface area (Å²) >= 11 is 1.81. The molecule has 0 unspecified atom stereocenters. The number of hydrogen-bond donors (Lipinski definition) is 0. The van der Waals surface area contributed by atoms with Crippen molar-refractivity contribution >= 4 is 28.6 Å². The first-order chi connectivity index (χ1) is 10.1. The number of rotatable bonds is 3. The minimum absolute atomic E-state index is 0.331. The van der Waals surface area contributed by atoms with Gasteiger partial charge in [-0.3, -0.25) is 0 Å². The summed E-state index contributed by atoms with van der Waals surface area (Å²) in [7, 11) is 0. The van der Waals surface area contributed by atoms with E-state index < -0.39 is 0 Å². The second kappa shape index (κ2) is 5.81. The van der Waals surface area contributed by atoms with E-state index in [4.69, 9.17) is 4.98 Å². The number of nitrogens with zero attached hydrogens (tertiary/aromatic N) is 4. The standard InChI is InChI=1S/C16H22N4S/c1-11(2)20-16-14(10-17-20)12(3)9-15(18-16)13-5-7-19(21-4)8-6-13/h5,9-11H,6-8H2,1-4H3. The van der Waals surface area contributed by atoms with Crippen LogP contribution in [0.2, 0.25) is 0 Å². The number of pyridine rings is 1. The molecular formula is C16H22N4S. The average molecular weight is 302 g/mol. The average Bonchev–Trinajstić information content (AvgIpc) is 2.92. The molecule has 0 fully saturated rings. The lowest BCUT2D eigenvalue weighted by molar-refractivity contribution is 0.517. The van der Waals surface area contributed by atoms with Crippen molar-refractivity contribution in [3.8, 4) is 0 Å². The summed E-state index contributed by atoms with van der Waals surface area (Å²) in [5, 5.41) is 5.65. The van der Waals surface area contributed by atoms with Crippen LogP contribution in [0.4, 0.5) is 0 Å². The molecule has 0 saturated heterocycles. The maximum atomic E-state index is 4.90. The Morgan fingerprint density at radius 2 is 2.14 bits per heavy atom. The SMILES string of the molecule is CSN1CC=C(c2cc(C)c3cnn(C(C)C)c3n2)CC1. The van der Waals surface area contributed by atoms with Crippen molar-refractivity contribution in [1.82, 2.24) is 19.1 Å². The van der Waals surface area contributed by atoms with Gasteiger partial charge in [0.05, 0.1) is 11.9 Å². The van der Waals surface area contributed by atoms with Crippen LogP contribution in [0.1, 0.15) is 37.6 Å². The molecule has 0 saturated carbocycles. The first kappa shape index (κ1) is 14.6. The van der Waals surface area contributed by atoms with Crippen molar-refractivity contribution in [3.05, 3.63) is 29.6 Å². The van der Waals surface area contributed by atoms with Crippen LogP contribution in [0, 0.1) is 6.92 Å². The molecule has 1 aliphatic rings. The van der Waals surface area contributed by atoms with Gasteiger partial charge in [-0.05, 0) is 50.7 Å². The van der Waals surface area contributed by atoms with Crippen LogP contribution in [-0.4, -0.2) is 38.4 Å². The van der Waals surface area contributed by atoms with Crippen molar-refractivity contribution in [2.75, 3.05) is 19.3 Å². The van der Waals surface area contributed by atoms with Crippen molar-refractivity contribution in [1.29, 1.82) is 0 Å². The lowest BCUT2D eigenvalue weighted by Gasteiger charge is -2.23. The summed E-state index contributed by atoms with van der Waals surface area (Å²) in [4.78, 5) is 4.90. The summed E-state index contributed by atoms with van der Waals surface area (Å²) in [6, 6.07) is 2.53. The zero-order valence-corrected chi connectivity index (χ0v) is 13.9. The predicted molar refractivity (Wildman–Crippen MR) is 90.3 cm³/mol. The molecule has 5 heteroatoms. The van der Waals surface area contributed by atoms with Gasteiger partial charge in [0.1, 0.15) is 0 Å². The van der Waals surface area contributed by atoms with Crippen molar-refractivity contribution in [3.63, 3.8) is 0 Å². The molecule has 3 rings (SSSR count). The fourth-order valence-corrected chi connectivity index (χ4v) is 3.26. The van der Waals surface area contributed by atoms with E-state index in [1.54, 1.807) is 0 Å². The largest absolute Gasteiger partial charge is 0.247 e. The molecule has 112 valence electrons. The van der Waals surface area contributed by atoms with Crippen LogP contribution in [0.3, 0.4) is 0 Å². The third kappa shape index (κ3) is 2.72. The number of aryl methyl sites for hydroxylation is 1. The van der Waals surface area contributed by atoms with Gasteiger partial charge in [0, 0.05) is 24.5 Å². The van der Waals surface area contributed by atoms with Crippen molar-refractivity contribution in [2.24, 2.45) is 0 Å². The second-order valence-corrected chi connectivity index (χ2v) is 6.68. The molecule has 3 heterocycles. The highest BCUT2D eigenvalue weighted by Crippen LogP contribution is 2.27. The Morgan fingerprint density at radius 3 is 2.76 bits per heavy atom. The van der Waals surface area contributed by atoms with Gasteiger partial charge in [0.15, 0.2) is 5.65 Å². The fourth-order valence-electron chi connectivity index (χ4n) is 2.77. The van der Waals surface area contributed by atoms with E-state index in [0.717, 1.165) is 36.2 Å². The predicted octanol–water partition coefficient (Wildman–Crippen LogP) is 3.69. The van der Waals surface area contributed by atoms with Gasteiger partial charge in [-0.15, -0.1) is 0 Å². The molecule has 2 aromatic heterocycles. The Labute approximate surface area is 130 Å². The molecule has 2 aromatic rings. The van der Waals surface area contributed by atoms with E-state index in [2.05, 4.69) is 48.6 Å². The normalized spacial score (nSPS) is 16.7. The number of fused-ring (bicyclic) bond motifs is 1. The Hall–Kier alpha value is -1.33. The van der Waals surface area contributed by atoms with E-state index in [1.807, 2.05) is 22.8 Å². The van der Waals surface area contributed by atoms with Gasteiger partial charge < -0.3 is 0 Å². The topological polar surface area (TPSA) is 34.0 Å². The maximum absolute atomic E-state index is 4.90. The summed E-state index contributed by atoms with van der Waals surface area (Å²) in [5.41, 5.74) is 4.74. The molecule has 4 nitrogen and oxygen atoms in total. The van der Waals surface area contributed by atoms with E-state index in [1.165, 1.54) is 11.1 Å². The zero-order chi connectivity index (χ0) is 15.0. The molecule has 0 bridgehead atoms. The molecule has 0 aliphatic carbocycles. The van der Waals surface area contributed by atoms with Gasteiger partial charge >= 0.3 is 0 Å². The van der Waals surface area contributed by atoms with Crippen LogP contribution in [0.25, 0.3) is 16.6 Å². The van der Waals surface area contributed by atoms with Crippen LogP contribution in [0.5, 0.6) is 0 Å². The smallest absolute Gasteiger partial charge is 0.158 e. The van der Waals surface area contributed by atoms with Crippen LogP contribution in [0.15, 0.2) is 18.3 Å². The van der Waals surface area contributed by atoms with Crippen LogP contribution >= 0.6 is 11.9 Å². The lowest BCUT2D eigenvalue weighted by atomic mass is 10.0. The molecule has 0 amide bonds. The monoisotopic (exact) mass is 302 g/mol. The summed E-state index contributed by atoms with van der Waals surface area (Å²) in [6.45, 7) is 8.53. The highest BCUT2D eigenvalue weighted by atomic mass is 32.2. The zero-order valence-electron chi connectivity index (χ0n) is 13.1. The Kier molecular flexibility index (Phi) is 4.04. The van der Waals surface area contributed by atoms with Gasteiger partial charge in [-0.1, -0.05) is 18.0 Å². The Morgan fingerprint density at radius 1 is 1.33 bits per heavy atom. The Balaban J connectivity index is 2.04. The maximum Gasteiger partial charge on any atom is 0.158 e. The number of aromatic nitrogens is 3. The highest BCUT2D eigenvalue weighted by molar-refractivity contribution is 7.96. The summed E-state index contributed by atoms with van der Waals surface area (Å²) in [5.74, 6) is 0. The first-order valence-electron chi connectivity index (χ1n) is 7.43. The third-order valence-electron chi connectivity index (χ3n) is 4.02. The van der Waals surface area contributed by atoms with E-state index in [9.17, 15) is 0 Å². The molecule has 21 heavy (non-hydrogen) atoms. The first-order valence-corrected chi connectivity index (χ1v) is 8.61. The molecule has 0 N–H and O–H groups in total. The summed E-state index contributed by atoms with van der Waals surface area (Å²) in [6.07, 6.45) is 7.44. The molecule has 0 radical (unpaired) electrons. The number of hydrogen-bond acceptors (Lipinski definition) is 4. The van der Waals surface area contributed by atoms with Crippen molar-refractivity contribution in [2.45, 2.75) is 33.2 Å². The summed E-state index contributed by atoms with van der Waals surface area (Å²) < 4.78 is 4.39. The third-order valence-corrected chi connectivity index (χ3v) is 4.87. The molecule has 1 aliphatic heterocycles. The fraction of sp³-hybridized carbons (Fsp3) is 0.500. The molecule has 0 aromatic carbocycles. The minimum Gasteiger partial charge on any atom is -0.247 e. The van der Waals surface area contributed by atoms with E-state index in [0.29, 0.717) is 6.04 Å².